The molecule has 2 aliphatic rings. The van der Waals surface area contributed by atoms with Crippen molar-refractivity contribution in [3.05, 3.63) is 11.1 Å². The highest BCUT2D eigenvalue weighted by molar-refractivity contribution is 8.15. The Morgan fingerprint density at radius 2 is 2.15 bits per heavy atom. The maximum absolute atomic E-state index is 11.9. The number of nitrogens with zero attached hydrogens (tertiary/aromatic N) is 2. The number of amides is 2. The summed E-state index contributed by atoms with van der Waals surface area (Å²) in [5.74, 6) is 0.115. The van der Waals surface area contributed by atoms with Crippen molar-refractivity contribution >= 4 is 34.6 Å². The van der Waals surface area contributed by atoms with Crippen molar-refractivity contribution in [1.82, 2.24) is 10.6 Å². The zero-order chi connectivity index (χ0) is 14.9. The van der Waals surface area contributed by atoms with Gasteiger partial charge in [0, 0.05) is 7.05 Å². The van der Waals surface area contributed by atoms with Gasteiger partial charge >= 0.3 is 0 Å². The minimum atomic E-state index is -0.604. The van der Waals surface area contributed by atoms with Gasteiger partial charge in [0.25, 0.3) is 5.91 Å². The van der Waals surface area contributed by atoms with Crippen LogP contribution in [-0.2, 0) is 14.3 Å². The average molecular weight is 296 g/mol. The van der Waals surface area contributed by atoms with Gasteiger partial charge in [-0.2, -0.15) is 0 Å². The number of carbonyl (C=O) groups is 2. The Labute approximate surface area is 120 Å². The van der Waals surface area contributed by atoms with E-state index in [-0.39, 0.29) is 17.7 Å². The quantitative estimate of drug-likeness (QED) is 0.721. The number of hydrogen-bond donors (Lipinski definition) is 2. The standard InChI is InChI=1S/C12H16N4O3S/c1-6-8(9(18)13-4)10(19-12(6,2)3)15-16-11-14-7(17)5-20-11/h5H2,1-4H3,(H,13,18)(H,14,16,17). The molecule has 1 fully saturated rings. The highest BCUT2D eigenvalue weighted by Gasteiger charge is 2.39. The second-order valence-electron chi connectivity index (χ2n) is 4.84. The van der Waals surface area contributed by atoms with Gasteiger partial charge in [-0.25, -0.2) is 0 Å². The molecule has 0 unspecified atom stereocenters. The van der Waals surface area contributed by atoms with E-state index in [9.17, 15) is 9.59 Å². The Morgan fingerprint density at radius 1 is 1.45 bits per heavy atom. The van der Waals surface area contributed by atoms with Crippen LogP contribution in [0, 0.1) is 0 Å². The third-order valence-corrected chi connectivity index (χ3v) is 3.98. The molecule has 0 bridgehead atoms. The molecular formula is C12H16N4O3S. The number of thioether (sulfide) groups is 1. The Bertz CT molecular complexity index is 563. The first-order chi connectivity index (χ1) is 9.35. The molecule has 0 aromatic carbocycles. The molecule has 0 aliphatic carbocycles. The average Bonchev–Trinajstić information content (AvgIpc) is 2.89. The van der Waals surface area contributed by atoms with Crippen LogP contribution >= 0.6 is 11.8 Å². The summed E-state index contributed by atoms with van der Waals surface area (Å²) in [7, 11) is 1.55. The second kappa shape index (κ2) is 5.28. The van der Waals surface area contributed by atoms with Gasteiger partial charge in [-0.05, 0) is 26.3 Å². The van der Waals surface area contributed by atoms with Crippen LogP contribution in [0.1, 0.15) is 20.8 Å². The Kier molecular flexibility index (Phi) is 3.85. The van der Waals surface area contributed by atoms with Crippen molar-refractivity contribution in [2.24, 2.45) is 10.2 Å². The zero-order valence-corrected chi connectivity index (χ0v) is 12.6. The molecule has 2 N–H and O–H groups in total. The Balaban J connectivity index is 2.32. The van der Waals surface area contributed by atoms with E-state index >= 15 is 0 Å². The van der Waals surface area contributed by atoms with E-state index in [1.807, 2.05) is 20.8 Å². The van der Waals surface area contributed by atoms with Crippen molar-refractivity contribution in [3.63, 3.8) is 0 Å². The summed E-state index contributed by atoms with van der Waals surface area (Å²) >= 11 is 1.26. The lowest BCUT2D eigenvalue weighted by molar-refractivity contribution is -0.117. The molecule has 2 heterocycles. The maximum Gasteiger partial charge on any atom is 0.256 e. The molecule has 0 aromatic rings. The van der Waals surface area contributed by atoms with Crippen molar-refractivity contribution in [2.75, 3.05) is 12.8 Å². The SMILES string of the molecule is CNC(=O)C1=C(C)C(C)(C)OC1=NN=C1NC(=O)CS1. The van der Waals surface area contributed by atoms with Crippen molar-refractivity contribution in [3.8, 4) is 0 Å². The fourth-order valence-electron chi connectivity index (χ4n) is 1.76. The summed E-state index contributed by atoms with van der Waals surface area (Å²) in [6, 6.07) is 0. The van der Waals surface area contributed by atoms with Gasteiger partial charge in [0.1, 0.15) is 11.2 Å². The monoisotopic (exact) mass is 296 g/mol. The van der Waals surface area contributed by atoms with Gasteiger partial charge in [-0.1, -0.05) is 11.8 Å². The van der Waals surface area contributed by atoms with E-state index in [2.05, 4.69) is 20.8 Å². The third kappa shape index (κ3) is 2.69. The molecule has 0 atom stereocenters. The highest BCUT2D eigenvalue weighted by atomic mass is 32.2. The van der Waals surface area contributed by atoms with Crippen LogP contribution in [0.3, 0.4) is 0 Å². The fourth-order valence-corrected chi connectivity index (χ4v) is 2.39. The van der Waals surface area contributed by atoms with Gasteiger partial charge in [-0.3, -0.25) is 9.59 Å². The van der Waals surface area contributed by atoms with E-state index in [1.54, 1.807) is 7.05 Å². The van der Waals surface area contributed by atoms with Crippen LogP contribution < -0.4 is 10.6 Å². The minimum absolute atomic E-state index is 0.111. The maximum atomic E-state index is 11.9. The molecule has 0 radical (unpaired) electrons. The van der Waals surface area contributed by atoms with Gasteiger partial charge in [0.2, 0.25) is 11.8 Å². The number of likely N-dealkylation sites (N-methyl/N-ethyl adjacent to an activating group) is 1. The molecule has 0 aromatic heterocycles. The van der Waals surface area contributed by atoms with E-state index in [1.165, 1.54) is 11.8 Å². The number of amidine groups is 1. The smallest absolute Gasteiger partial charge is 0.256 e. The first-order valence-corrected chi connectivity index (χ1v) is 7.05. The molecule has 1 saturated heterocycles. The first-order valence-electron chi connectivity index (χ1n) is 6.06. The topological polar surface area (TPSA) is 92.2 Å². The predicted molar refractivity (Wildman–Crippen MR) is 77.4 cm³/mol. The van der Waals surface area contributed by atoms with Crippen molar-refractivity contribution in [1.29, 1.82) is 0 Å². The second-order valence-corrected chi connectivity index (χ2v) is 5.80. The Morgan fingerprint density at radius 3 is 2.70 bits per heavy atom. The number of rotatable bonds is 2. The van der Waals surface area contributed by atoms with Crippen molar-refractivity contribution in [2.45, 2.75) is 26.4 Å². The van der Waals surface area contributed by atoms with Crippen LogP contribution in [0.5, 0.6) is 0 Å². The van der Waals surface area contributed by atoms with E-state index < -0.39 is 5.60 Å². The lowest BCUT2D eigenvalue weighted by Crippen LogP contribution is -2.24. The van der Waals surface area contributed by atoms with Crippen LogP contribution in [0.4, 0.5) is 0 Å². The molecule has 7 nitrogen and oxygen atoms in total. The first kappa shape index (κ1) is 14.6. The summed E-state index contributed by atoms with van der Waals surface area (Å²) in [5.41, 5.74) is 0.572. The molecule has 0 saturated carbocycles. The molecular weight excluding hydrogens is 280 g/mol. The van der Waals surface area contributed by atoms with Crippen LogP contribution in [-0.4, -0.2) is 41.3 Å². The molecule has 0 spiro atoms. The van der Waals surface area contributed by atoms with Crippen LogP contribution in [0.25, 0.3) is 0 Å². The van der Waals surface area contributed by atoms with E-state index in [0.717, 1.165) is 5.57 Å². The van der Waals surface area contributed by atoms with Crippen LogP contribution in [0.15, 0.2) is 21.3 Å². The number of hydrogen-bond acceptors (Lipinski definition) is 6. The minimum Gasteiger partial charge on any atom is -0.465 e. The molecule has 2 rings (SSSR count). The molecule has 20 heavy (non-hydrogen) atoms. The van der Waals surface area contributed by atoms with E-state index in [4.69, 9.17) is 4.74 Å². The number of nitrogens with one attached hydrogen (secondary N) is 2. The normalized spacial score (nSPS) is 25.1. The lowest BCUT2D eigenvalue weighted by Gasteiger charge is -2.19. The molecule has 2 aliphatic heterocycles. The Hall–Kier alpha value is -1.83. The van der Waals surface area contributed by atoms with Gasteiger partial charge in [0.15, 0.2) is 5.17 Å². The largest absolute Gasteiger partial charge is 0.465 e. The molecule has 2 amide bonds. The van der Waals surface area contributed by atoms with Gasteiger partial charge < -0.3 is 15.4 Å². The van der Waals surface area contributed by atoms with Gasteiger partial charge in [0.05, 0.1) is 5.75 Å². The van der Waals surface area contributed by atoms with E-state index in [0.29, 0.717) is 16.5 Å². The van der Waals surface area contributed by atoms with Crippen molar-refractivity contribution < 1.29 is 14.3 Å². The van der Waals surface area contributed by atoms with Gasteiger partial charge in [-0.15, -0.1) is 10.2 Å². The summed E-state index contributed by atoms with van der Waals surface area (Å²) in [5, 5.41) is 13.4. The van der Waals surface area contributed by atoms with Crippen LogP contribution in [0.2, 0.25) is 0 Å². The predicted octanol–water partition coefficient (Wildman–Crippen LogP) is 0.390. The number of carbonyl (C=O) groups excluding carboxylic acids is 2. The zero-order valence-electron chi connectivity index (χ0n) is 11.7. The summed E-state index contributed by atoms with van der Waals surface area (Å²) < 4.78 is 5.67. The fraction of sp³-hybridized carbons (Fsp3) is 0.500. The summed E-state index contributed by atoms with van der Waals surface area (Å²) in [6.07, 6.45) is 0. The molecule has 108 valence electrons. The lowest BCUT2D eigenvalue weighted by atomic mass is 9.97. The summed E-state index contributed by atoms with van der Waals surface area (Å²) in [6.45, 7) is 5.53. The highest BCUT2D eigenvalue weighted by Crippen LogP contribution is 2.32. The molecule has 8 heteroatoms. The summed E-state index contributed by atoms with van der Waals surface area (Å²) in [4.78, 5) is 23.0. The number of ether oxygens (including phenoxy) is 1. The third-order valence-electron chi connectivity index (χ3n) is 3.12.